The predicted molar refractivity (Wildman–Crippen MR) is 177 cm³/mol. The number of esters is 1. The summed E-state index contributed by atoms with van der Waals surface area (Å²) in [6.45, 7) is 44.5. The molecule has 0 spiro atoms. The van der Waals surface area contributed by atoms with Crippen LogP contribution in [0.15, 0.2) is 11.1 Å². The lowest BCUT2D eigenvalue weighted by Crippen LogP contribution is -2.80. The lowest BCUT2D eigenvalue weighted by atomic mass is 9.28. The van der Waals surface area contributed by atoms with Gasteiger partial charge >= 0.3 is 16.4 Å². The minimum absolute atomic E-state index is 0.0852. The molecular formula is C36H66O6S. The largest absolute Gasteiger partial charge is 0.458 e. The molecule has 252 valence electrons. The van der Waals surface area contributed by atoms with Crippen molar-refractivity contribution in [1.29, 1.82) is 0 Å². The molecule has 2 atom stereocenters. The third kappa shape index (κ3) is 4.01. The smallest absolute Gasteiger partial charge is 0.397 e. The van der Waals surface area contributed by atoms with E-state index < -0.39 is 59.5 Å². The Morgan fingerprint density at radius 1 is 0.674 bits per heavy atom. The van der Waals surface area contributed by atoms with Crippen LogP contribution in [0.25, 0.3) is 0 Å². The standard InChI is InChI=1S/C36H66O6S/c1-22-33(18)23(2)24(3)34(19,27(6,7)26(33,4)5)25(37)41-36(21)30(12,13)28(8,9)35(20,29(10,11)31(36,14)15)32(16,17)42-43(38,39)40/h22H2,1-21H3,(H,38,39,40). The lowest BCUT2D eigenvalue weighted by molar-refractivity contribution is -0.354. The highest BCUT2D eigenvalue weighted by Gasteiger charge is 2.80. The highest BCUT2D eigenvalue weighted by atomic mass is 32.3. The van der Waals surface area contributed by atoms with Gasteiger partial charge in [-0.25, -0.2) is 4.18 Å². The highest BCUT2D eigenvalue weighted by molar-refractivity contribution is 7.80. The number of allylic oxidation sites excluding steroid dienone is 1. The van der Waals surface area contributed by atoms with Crippen LogP contribution < -0.4 is 0 Å². The Morgan fingerprint density at radius 3 is 1.37 bits per heavy atom. The van der Waals surface area contributed by atoms with Gasteiger partial charge in [0.25, 0.3) is 0 Å². The maximum absolute atomic E-state index is 15.1. The molecule has 2 rings (SSSR count). The first kappa shape index (κ1) is 38.3. The first-order valence-corrected chi connectivity index (χ1v) is 17.4. The van der Waals surface area contributed by atoms with Crippen molar-refractivity contribution in [3.8, 4) is 0 Å². The second kappa shape index (κ2) is 9.56. The predicted octanol–water partition coefficient (Wildman–Crippen LogP) is 9.84. The monoisotopic (exact) mass is 626 g/mol. The summed E-state index contributed by atoms with van der Waals surface area (Å²) in [7, 11) is -4.75. The Hall–Kier alpha value is -0.920. The summed E-state index contributed by atoms with van der Waals surface area (Å²) in [5.74, 6) is -0.229. The number of carbonyl (C=O) groups is 1. The van der Waals surface area contributed by atoms with E-state index in [0.29, 0.717) is 0 Å². The van der Waals surface area contributed by atoms with E-state index in [2.05, 4.69) is 132 Å². The van der Waals surface area contributed by atoms with Crippen LogP contribution in [0.5, 0.6) is 0 Å². The summed E-state index contributed by atoms with van der Waals surface area (Å²) in [4.78, 5) is 15.1. The molecule has 43 heavy (non-hydrogen) atoms. The molecule has 0 saturated heterocycles. The fraction of sp³-hybridized carbons (Fsp3) is 0.917. The number of hydrogen-bond acceptors (Lipinski definition) is 5. The van der Waals surface area contributed by atoms with Gasteiger partial charge in [-0.3, -0.25) is 9.35 Å². The van der Waals surface area contributed by atoms with Gasteiger partial charge < -0.3 is 4.74 Å². The van der Waals surface area contributed by atoms with Gasteiger partial charge in [0, 0.05) is 16.2 Å². The summed E-state index contributed by atoms with van der Waals surface area (Å²) >= 11 is 0. The minimum Gasteiger partial charge on any atom is -0.458 e. The van der Waals surface area contributed by atoms with Crippen molar-refractivity contribution in [2.24, 2.45) is 48.7 Å². The van der Waals surface area contributed by atoms with E-state index in [4.69, 9.17) is 8.92 Å². The van der Waals surface area contributed by atoms with Crippen LogP contribution in [0, 0.1) is 48.7 Å². The van der Waals surface area contributed by atoms with Crippen molar-refractivity contribution in [2.75, 3.05) is 0 Å². The Labute approximate surface area is 265 Å². The van der Waals surface area contributed by atoms with Gasteiger partial charge in [0.15, 0.2) is 0 Å². The van der Waals surface area contributed by atoms with Crippen molar-refractivity contribution < 1.29 is 26.7 Å². The number of ether oxygens (including phenoxy) is 1. The number of carbonyl (C=O) groups excluding carboxylic acids is 1. The van der Waals surface area contributed by atoms with Gasteiger partial charge in [-0.2, -0.15) is 8.42 Å². The topological polar surface area (TPSA) is 89.9 Å². The van der Waals surface area contributed by atoms with Crippen molar-refractivity contribution in [3.05, 3.63) is 11.1 Å². The quantitative estimate of drug-likeness (QED) is 0.179. The summed E-state index contributed by atoms with van der Waals surface area (Å²) in [6.07, 6.45) is 0.970. The van der Waals surface area contributed by atoms with Crippen LogP contribution in [-0.4, -0.2) is 30.1 Å². The summed E-state index contributed by atoms with van der Waals surface area (Å²) in [6, 6.07) is 0. The van der Waals surface area contributed by atoms with E-state index in [1.54, 1.807) is 13.8 Å². The zero-order chi connectivity index (χ0) is 34.9. The molecule has 0 aliphatic heterocycles. The van der Waals surface area contributed by atoms with E-state index in [-0.39, 0.29) is 16.8 Å². The summed E-state index contributed by atoms with van der Waals surface area (Å²) in [5.41, 5.74) is -5.21. The molecule has 1 saturated carbocycles. The average Bonchev–Trinajstić information content (AvgIpc) is 2.81. The Bertz CT molecular complexity index is 1280. The molecule has 0 bridgehead atoms. The van der Waals surface area contributed by atoms with Gasteiger partial charge in [-0.05, 0) is 75.0 Å². The van der Waals surface area contributed by atoms with Gasteiger partial charge in [0.05, 0.1) is 11.0 Å². The van der Waals surface area contributed by atoms with Crippen LogP contribution in [0.3, 0.4) is 0 Å². The summed E-state index contributed by atoms with van der Waals surface area (Å²) < 4.78 is 46.8. The van der Waals surface area contributed by atoms with Crippen LogP contribution in [0.2, 0.25) is 0 Å². The molecule has 7 heteroatoms. The second-order valence-corrected chi connectivity index (χ2v) is 19.4. The van der Waals surface area contributed by atoms with Gasteiger partial charge in [0.1, 0.15) is 5.60 Å². The molecule has 0 radical (unpaired) electrons. The molecule has 2 aliphatic carbocycles. The molecule has 2 aliphatic rings. The van der Waals surface area contributed by atoms with Crippen molar-refractivity contribution in [2.45, 2.75) is 163 Å². The van der Waals surface area contributed by atoms with E-state index >= 15 is 4.79 Å². The maximum atomic E-state index is 15.1. The molecule has 6 nitrogen and oxygen atoms in total. The highest BCUT2D eigenvalue weighted by Crippen LogP contribution is 2.79. The zero-order valence-electron chi connectivity index (χ0n) is 31.6. The van der Waals surface area contributed by atoms with Crippen molar-refractivity contribution in [3.63, 3.8) is 0 Å². The molecule has 1 fully saturated rings. The Kier molecular flexibility index (Phi) is 8.51. The Morgan fingerprint density at radius 2 is 1.05 bits per heavy atom. The maximum Gasteiger partial charge on any atom is 0.397 e. The first-order chi connectivity index (χ1) is 18.5. The zero-order valence-corrected chi connectivity index (χ0v) is 32.4. The SMILES string of the molecule is CCC1(C)C(C)=C(C)C(C)(C(=O)OC2(C)C(C)(C)C(C)(C)C(C)(C(C)(C)OS(=O)(=O)O)C(C)(C)C2(C)C)C(C)(C)C1(C)C. The van der Waals surface area contributed by atoms with Gasteiger partial charge in [-0.15, -0.1) is 0 Å². The molecule has 0 aromatic carbocycles. The van der Waals surface area contributed by atoms with E-state index in [1.165, 1.54) is 5.57 Å². The average molecular weight is 627 g/mol. The molecule has 0 aromatic rings. The van der Waals surface area contributed by atoms with E-state index in [1.807, 2.05) is 0 Å². The molecule has 0 aromatic heterocycles. The number of rotatable bonds is 6. The molecule has 0 amide bonds. The van der Waals surface area contributed by atoms with E-state index in [9.17, 15) is 13.0 Å². The third-order valence-corrected chi connectivity index (χ3v) is 17.9. The fourth-order valence-corrected chi connectivity index (χ4v) is 11.2. The molecular weight excluding hydrogens is 560 g/mol. The third-order valence-electron chi connectivity index (χ3n) is 17.3. The lowest BCUT2D eigenvalue weighted by Gasteiger charge is -2.78. The van der Waals surface area contributed by atoms with Gasteiger partial charge in [0.2, 0.25) is 0 Å². The number of hydrogen-bond donors (Lipinski definition) is 1. The van der Waals surface area contributed by atoms with Crippen LogP contribution in [0.1, 0.15) is 152 Å². The fourth-order valence-electron chi connectivity index (χ4n) is 10.6. The van der Waals surface area contributed by atoms with Crippen molar-refractivity contribution in [1.82, 2.24) is 0 Å². The second-order valence-electron chi connectivity index (χ2n) is 18.4. The Balaban J connectivity index is 2.95. The van der Waals surface area contributed by atoms with E-state index in [0.717, 1.165) is 12.0 Å². The van der Waals surface area contributed by atoms with Crippen LogP contribution >= 0.6 is 0 Å². The van der Waals surface area contributed by atoms with Crippen molar-refractivity contribution >= 4 is 16.4 Å². The molecule has 0 heterocycles. The first-order valence-electron chi connectivity index (χ1n) is 16.1. The van der Waals surface area contributed by atoms with Gasteiger partial charge in [-0.1, -0.05) is 115 Å². The minimum atomic E-state index is -4.75. The van der Waals surface area contributed by atoms with Crippen LogP contribution in [0.4, 0.5) is 0 Å². The summed E-state index contributed by atoms with van der Waals surface area (Å²) in [5, 5.41) is 0. The molecule has 2 unspecified atom stereocenters. The van der Waals surface area contributed by atoms with Crippen LogP contribution in [-0.2, 0) is 24.1 Å². The normalized spacial score (nSPS) is 38.0. The molecule has 1 N–H and O–H groups in total.